The first kappa shape index (κ1) is 17.6. The van der Waals surface area contributed by atoms with E-state index in [0.29, 0.717) is 5.56 Å². The molecule has 0 aliphatic heterocycles. The molecule has 0 saturated heterocycles. The van der Waals surface area contributed by atoms with Crippen LogP contribution in [0, 0.1) is 0 Å². The fraction of sp³-hybridized carbons (Fsp3) is 0.350. The number of ketones is 1. The van der Waals surface area contributed by atoms with E-state index in [1.54, 1.807) is 0 Å². The predicted molar refractivity (Wildman–Crippen MR) is 98.5 cm³/mol. The van der Waals surface area contributed by atoms with Gasteiger partial charge in [0.2, 0.25) is 0 Å². The first-order chi connectivity index (χ1) is 10.7. The zero-order valence-electron chi connectivity index (χ0n) is 14.7. The van der Waals surface area contributed by atoms with Crippen molar-refractivity contribution in [3.05, 3.63) is 71.3 Å². The first-order valence-corrected chi connectivity index (χ1v) is 11.5. The highest BCUT2D eigenvalue weighted by molar-refractivity contribution is 6.70. The summed E-state index contributed by atoms with van der Waals surface area (Å²) in [6.45, 7) is 10.0. The van der Waals surface area contributed by atoms with Crippen molar-refractivity contribution in [1.29, 1.82) is 0 Å². The summed E-state index contributed by atoms with van der Waals surface area (Å²) in [6.07, 6.45) is 0.879. The molecule has 122 valence electrons. The molecule has 0 spiro atoms. The molecular formula is C20H26O2Si. The van der Waals surface area contributed by atoms with Crippen molar-refractivity contribution < 1.29 is 9.22 Å². The SMILES string of the molecule is CC(C)(O[Si](C)(C)C)C(=O)c1ccc(Cc2ccccc2)cc1. The van der Waals surface area contributed by atoms with Crippen molar-refractivity contribution in [3.8, 4) is 0 Å². The summed E-state index contributed by atoms with van der Waals surface area (Å²) < 4.78 is 6.06. The number of benzene rings is 2. The van der Waals surface area contributed by atoms with Gasteiger partial charge in [-0.2, -0.15) is 0 Å². The monoisotopic (exact) mass is 326 g/mol. The molecule has 0 heterocycles. The summed E-state index contributed by atoms with van der Waals surface area (Å²) in [5.41, 5.74) is 2.42. The third-order valence-corrected chi connectivity index (χ3v) is 4.70. The van der Waals surface area contributed by atoms with Gasteiger partial charge in [-0.3, -0.25) is 4.79 Å². The molecule has 0 unspecified atom stereocenters. The van der Waals surface area contributed by atoms with E-state index in [1.165, 1.54) is 11.1 Å². The lowest BCUT2D eigenvalue weighted by atomic mass is 9.95. The molecule has 2 nitrogen and oxygen atoms in total. The zero-order valence-corrected chi connectivity index (χ0v) is 15.7. The number of carbonyl (C=O) groups is 1. The minimum Gasteiger partial charge on any atom is -0.405 e. The average molecular weight is 327 g/mol. The van der Waals surface area contributed by atoms with Crippen molar-refractivity contribution in [2.24, 2.45) is 0 Å². The molecular weight excluding hydrogens is 300 g/mol. The van der Waals surface area contributed by atoms with Crippen LogP contribution in [0.1, 0.15) is 35.3 Å². The van der Waals surface area contributed by atoms with E-state index in [0.717, 1.165) is 6.42 Å². The van der Waals surface area contributed by atoms with Crippen molar-refractivity contribution in [2.45, 2.75) is 45.5 Å². The van der Waals surface area contributed by atoms with E-state index in [9.17, 15) is 4.79 Å². The normalized spacial score (nSPS) is 12.2. The Hall–Kier alpha value is -1.71. The molecule has 0 N–H and O–H groups in total. The lowest BCUT2D eigenvalue weighted by molar-refractivity contribution is 0.0558. The molecule has 2 rings (SSSR count). The topological polar surface area (TPSA) is 26.3 Å². The first-order valence-electron chi connectivity index (χ1n) is 8.05. The molecule has 0 aliphatic rings. The molecule has 0 saturated carbocycles. The maximum absolute atomic E-state index is 12.7. The van der Waals surface area contributed by atoms with Gasteiger partial charge in [-0.1, -0.05) is 54.6 Å². The van der Waals surface area contributed by atoms with Gasteiger partial charge < -0.3 is 4.43 Å². The molecule has 0 fully saturated rings. The van der Waals surface area contributed by atoms with Gasteiger partial charge in [0.05, 0.1) is 0 Å². The predicted octanol–water partition coefficient (Wildman–Crippen LogP) is 5.09. The van der Waals surface area contributed by atoms with E-state index in [2.05, 4.69) is 31.8 Å². The smallest absolute Gasteiger partial charge is 0.192 e. The zero-order chi connectivity index (χ0) is 17.1. The molecule has 3 heteroatoms. The van der Waals surface area contributed by atoms with Crippen LogP contribution in [0.4, 0.5) is 0 Å². The lowest BCUT2D eigenvalue weighted by Crippen LogP contribution is -2.44. The highest BCUT2D eigenvalue weighted by Gasteiger charge is 2.34. The molecule has 0 bridgehead atoms. The molecule has 0 radical (unpaired) electrons. The molecule has 0 amide bonds. The number of hydrogen-bond acceptors (Lipinski definition) is 2. The summed E-state index contributed by atoms with van der Waals surface area (Å²) in [6, 6.07) is 18.2. The minimum absolute atomic E-state index is 0.0474. The number of hydrogen-bond donors (Lipinski definition) is 0. The highest BCUT2D eigenvalue weighted by atomic mass is 28.4. The largest absolute Gasteiger partial charge is 0.405 e. The summed E-state index contributed by atoms with van der Waals surface area (Å²) in [4.78, 5) is 12.7. The van der Waals surface area contributed by atoms with Gasteiger partial charge in [0.1, 0.15) is 5.60 Å². The van der Waals surface area contributed by atoms with Crippen LogP contribution in [0.25, 0.3) is 0 Å². The van der Waals surface area contributed by atoms with Crippen molar-refractivity contribution in [2.75, 3.05) is 0 Å². The van der Waals surface area contributed by atoms with Crippen LogP contribution in [0.3, 0.4) is 0 Å². The summed E-state index contributed by atoms with van der Waals surface area (Å²) >= 11 is 0. The molecule has 0 atom stereocenters. The Morgan fingerprint density at radius 3 is 1.96 bits per heavy atom. The Kier molecular flexibility index (Phi) is 5.22. The Morgan fingerprint density at radius 2 is 1.43 bits per heavy atom. The summed E-state index contributed by atoms with van der Waals surface area (Å²) in [7, 11) is -1.77. The highest BCUT2D eigenvalue weighted by Crippen LogP contribution is 2.23. The Balaban J connectivity index is 2.11. The molecule has 2 aromatic carbocycles. The number of Topliss-reactive ketones (excluding diaryl/α,β-unsaturated/α-hetero) is 1. The van der Waals surface area contributed by atoms with E-state index < -0.39 is 13.9 Å². The lowest BCUT2D eigenvalue weighted by Gasteiger charge is -2.31. The van der Waals surface area contributed by atoms with Crippen molar-refractivity contribution >= 4 is 14.1 Å². The van der Waals surface area contributed by atoms with Crippen LogP contribution in [-0.2, 0) is 10.8 Å². The quantitative estimate of drug-likeness (QED) is 0.546. The Morgan fingerprint density at radius 1 is 0.913 bits per heavy atom. The Labute approximate surface area is 140 Å². The molecule has 0 aromatic heterocycles. The maximum Gasteiger partial charge on any atom is 0.192 e. The number of carbonyl (C=O) groups excluding carboxylic acids is 1. The van der Waals surface area contributed by atoms with E-state index >= 15 is 0 Å². The van der Waals surface area contributed by atoms with Gasteiger partial charge in [-0.15, -0.1) is 0 Å². The standard InChI is InChI=1S/C20H26O2Si/c1-20(2,22-23(3,4)5)19(21)18-13-11-17(12-14-18)15-16-9-7-6-8-10-16/h6-14H,15H2,1-5H3. The van der Waals surface area contributed by atoms with Gasteiger partial charge in [-0.25, -0.2) is 0 Å². The molecule has 0 aliphatic carbocycles. The number of rotatable bonds is 6. The van der Waals surface area contributed by atoms with E-state index in [1.807, 2.05) is 56.3 Å². The van der Waals surface area contributed by atoms with Gasteiger partial charge in [0.25, 0.3) is 0 Å². The molecule has 23 heavy (non-hydrogen) atoms. The van der Waals surface area contributed by atoms with Crippen LogP contribution in [-0.4, -0.2) is 19.7 Å². The van der Waals surface area contributed by atoms with Gasteiger partial charge in [0.15, 0.2) is 14.1 Å². The average Bonchev–Trinajstić information content (AvgIpc) is 2.46. The van der Waals surface area contributed by atoms with Gasteiger partial charge in [0, 0.05) is 5.56 Å². The molecule has 2 aromatic rings. The van der Waals surface area contributed by atoms with Crippen LogP contribution < -0.4 is 0 Å². The fourth-order valence-electron chi connectivity index (χ4n) is 2.76. The second-order valence-corrected chi connectivity index (χ2v) is 11.8. The summed E-state index contributed by atoms with van der Waals surface area (Å²) in [5.74, 6) is 0.0474. The van der Waals surface area contributed by atoms with Gasteiger partial charge in [-0.05, 0) is 51.0 Å². The Bertz CT molecular complexity index is 652. The minimum atomic E-state index is -1.77. The maximum atomic E-state index is 12.7. The van der Waals surface area contributed by atoms with Crippen LogP contribution in [0.15, 0.2) is 54.6 Å². The fourth-order valence-corrected chi connectivity index (χ4v) is 4.39. The van der Waals surface area contributed by atoms with Crippen molar-refractivity contribution in [1.82, 2.24) is 0 Å². The van der Waals surface area contributed by atoms with Crippen LogP contribution >= 0.6 is 0 Å². The third kappa shape index (κ3) is 5.15. The van der Waals surface area contributed by atoms with Crippen LogP contribution in [0.2, 0.25) is 19.6 Å². The van der Waals surface area contributed by atoms with Crippen molar-refractivity contribution in [3.63, 3.8) is 0 Å². The van der Waals surface area contributed by atoms with Crippen LogP contribution in [0.5, 0.6) is 0 Å². The second kappa shape index (κ2) is 6.81. The van der Waals surface area contributed by atoms with E-state index in [-0.39, 0.29) is 5.78 Å². The van der Waals surface area contributed by atoms with Gasteiger partial charge >= 0.3 is 0 Å². The van der Waals surface area contributed by atoms with E-state index in [4.69, 9.17) is 4.43 Å². The summed E-state index contributed by atoms with van der Waals surface area (Å²) in [5, 5.41) is 0. The second-order valence-electron chi connectivity index (χ2n) is 7.41. The third-order valence-electron chi connectivity index (χ3n) is 3.58.